The fraction of sp³-hybridized carbons (Fsp3) is 0.717. The first-order valence-electron chi connectivity index (χ1n) is 22.2. The number of carbonyl (C=O) groups is 1. The number of allylic oxidation sites excluding steroid dienone is 11. The predicted molar refractivity (Wildman–Crippen MR) is 234 cm³/mol. The van der Waals surface area contributed by atoms with Crippen LogP contribution in [0.5, 0.6) is 0 Å². The molecule has 0 aromatic carbocycles. The summed E-state index contributed by atoms with van der Waals surface area (Å²) in [4.78, 5) is 12.8. The average molecular weight is 855 g/mol. The van der Waals surface area contributed by atoms with Crippen LogP contribution in [0, 0.1) is 0 Å². The van der Waals surface area contributed by atoms with Crippen molar-refractivity contribution in [2.24, 2.45) is 0 Å². The SMILES string of the molecule is CC/C=C\C/C=C\C/C=C\C/C=C\C/C=C\CCOCC(COC1OC(CO)C(O)C(OS(=O)(=O)O)C1O)OC(=O)CCCCCCC/C=C\CCCCCCCCC. The van der Waals surface area contributed by atoms with Crippen molar-refractivity contribution in [2.75, 3.05) is 26.4 Å². The molecule has 1 aliphatic rings. The third-order valence-corrected chi connectivity index (χ3v) is 10.0. The molecule has 12 nitrogen and oxygen atoms in total. The van der Waals surface area contributed by atoms with Gasteiger partial charge in [0.15, 0.2) is 6.29 Å². The molecule has 0 bridgehead atoms. The molecular weight excluding hydrogens is 777 g/mol. The summed E-state index contributed by atoms with van der Waals surface area (Å²) >= 11 is 0. The van der Waals surface area contributed by atoms with E-state index in [9.17, 15) is 28.5 Å². The Balaban J connectivity index is 2.51. The van der Waals surface area contributed by atoms with Gasteiger partial charge < -0.3 is 34.3 Å². The van der Waals surface area contributed by atoms with Gasteiger partial charge in [0.1, 0.15) is 30.5 Å². The fourth-order valence-electron chi connectivity index (χ4n) is 6.26. The lowest BCUT2D eigenvalue weighted by Gasteiger charge is -2.41. The van der Waals surface area contributed by atoms with E-state index in [0.29, 0.717) is 19.4 Å². The maximum atomic E-state index is 12.8. The number of ether oxygens (including phenoxy) is 4. The molecule has 0 aromatic heterocycles. The number of esters is 1. The molecule has 0 radical (unpaired) electrons. The zero-order chi connectivity index (χ0) is 43.2. The highest BCUT2D eigenvalue weighted by Gasteiger charge is 2.48. The molecule has 0 aromatic rings. The zero-order valence-electron chi connectivity index (χ0n) is 36.0. The minimum Gasteiger partial charge on any atom is -0.457 e. The molecule has 340 valence electrons. The minimum atomic E-state index is -5.07. The fourth-order valence-corrected chi connectivity index (χ4v) is 6.77. The number of hydrogen-bond donors (Lipinski definition) is 4. The Labute approximate surface area is 356 Å². The lowest BCUT2D eigenvalue weighted by atomic mass is 9.99. The van der Waals surface area contributed by atoms with Gasteiger partial charge >= 0.3 is 16.4 Å². The van der Waals surface area contributed by atoms with Gasteiger partial charge in [0.05, 0.1) is 26.4 Å². The molecule has 0 aliphatic carbocycles. The molecule has 1 fully saturated rings. The second-order valence-corrected chi connectivity index (χ2v) is 15.9. The van der Waals surface area contributed by atoms with Crippen LogP contribution >= 0.6 is 0 Å². The monoisotopic (exact) mass is 855 g/mol. The summed E-state index contributed by atoms with van der Waals surface area (Å²) in [7, 11) is -5.07. The van der Waals surface area contributed by atoms with Crippen LogP contribution in [-0.4, -0.2) is 97.5 Å². The van der Waals surface area contributed by atoms with E-state index < -0.39 is 59.8 Å². The van der Waals surface area contributed by atoms with E-state index in [-0.39, 0.29) is 19.6 Å². The summed E-state index contributed by atoms with van der Waals surface area (Å²) in [5, 5.41) is 30.6. The topological polar surface area (TPSA) is 178 Å². The van der Waals surface area contributed by atoms with Crippen molar-refractivity contribution in [1.82, 2.24) is 0 Å². The molecule has 1 saturated heterocycles. The number of rotatable bonds is 37. The summed E-state index contributed by atoms with van der Waals surface area (Å²) in [6.45, 7) is 3.62. The highest BCUT2D eigenvalue weighted by atomic mass is 32.3. The Kier molecular flexibility index (Phi) is 34.5. The molecule has 0 amide bonds. The molecule has 6 unspecified atom stereocenters. The Morgan fingerprint density at radius 3 is 1.71 bits per heavy atom. The molecule has 1 heterocycles. The lowest BCUT2D eigenvalue weighted by molar-refractivity contribution is -0.301. The van der Waals surface area contributed by atoms with E-state index in [1.807, 2.05) is 12.2 Å². The smallest absolute Gasteiger partial charge is 0.397 e. The van der Waals surface area contributed by atoms with Crippen LogP contribution in [0.2, 0.25) is 0 Å². The van der Waals surface area contributed by atoms with Gasteiger partial charge in [-0.05, 0) is 70.6 Å². The van der Waals surface area contributed by atoms with E-state index in [1.54, 1.807) is 0 Å². The second kappa shape index (κ2) is 37.3. The Morgan fingerprint density at radius 1 is 0.661 bits per heavy atom. The number of unbranched alkanes of at least 4 members (excludes halogenated alkanes) is 12. The van der Waals surface area contributed by atoms with Crippen molar-refractivity contribution < 1.29 is 56.2 Å². The first kappa shape index (κ1) is 54.6. The lowest BCUT2D eigenvalue weighted by Crippen LogP contribution is -2.60. The zero-order valence-corrected chi connectivity index (χ0v) is 36.8. The maximum Gasteiger partial charge on any atom is 0.397 e. The van der Waals surface area contributed by atoms with Crippen LogP contribution in [0.15, 0.2) is 72.9 Å². The Hall–Kier alpha value is -2.46. The van der Waals surface area contributed by atoms with Crippen molar-refractivity contribution in [1.29, 1.82) is 0 Å². The van der Waals surface area contributed by atoms with Gasteiger partial charge in [-0.3, -0.25) is 9.35 Å². The first-order chi connectivity index (χ1) is 28.6. The Bertz CT molecular complexity index is 1310. The van der Waals surface area contributed by atoms with Crippen molar-refractivity contribution >= 4 is 16.4 Å². The molecule has 13 heteroatoms. The molecule has 1 rings (SSSR count). The highest BCUT2D eigenvalue weighted by molar-refractivity contribution is 7.80. The summed E-state index contributed by atoms with van der Waals surface area (Å²) in [5.74, 6) is -0.435. The van der Waals surface area contributed by atoms with Gasteiger partial charge in [0, 0.05) is 6.42 Å². The maximum absolute atomic E-state index is 12.8. The van der Waals surface area contributed by atoms with Gasteiger partial charge in [0.2, 0.25) is 0 Å². The molecule has 0 spiro atoms. The van der Waals surface area contributed by atoms with Crippen molar-refractivity contribution in [3.8, 4) is 0 Å². The van der Waals surface area contributed by atoms with Crippen LogP contribution in [0.4, 0.5) is 0 Å². The molecular formula is C46H78O12S. The third kappa shape index (κ3) is 31.1. The number of aliphatic hydroxyl groups excluding tert-OH is 3. The van der Waals surface area contributed by atoms with Gasteiger partial charge in [-0.2, -0.15) is 8.42 Å². The van der Waals surface area contributed by atoms with E-state index in [0.717, 1.165) is 70.6 Å². The quantitative estimate of drug-likeness (QED) is 0.0202. The Morgan fingerprint density at radius 2 is 1.17 bits per heavy atom. The number of hydrogen-bond acceptors (Lipinski definition) is 11. The van der Waals surface area contributed by atoms with Crippen molar-refractivity contribution in [3.05, 3.63) is 72.9 Å². The number of aliphatic hydroxyl groups is 3. The summed E-state index contributed by atoms with van der Waals surface area (Å²) in [6.07, 6.45) is 38.1. The predicted octanol–water partition coefficient (Wildman–Crippen LogP) is 9.13. The third-order valence-electron chi connectivity index (χ3n) is 9.58. The van der Waals surface area contributed by atoms with E-state index >= 15 is 0 Å². The van der Waals surface area contributed by atoms with Gasteiger partial charge in [-0.15, -0.1) is 0 Å². The molecule has 59 heavy (non-hydrogen) atoms. The standard InChI is InChI=1S/C46H78O12S/c1-3-5-7-9-11-13-15-17-19-21-23-25-27-29-31-33-35-42(48)56-40(39-55-46-44(50)45(58-59(51,52)53)43(49)41(37-47)57-46)38-54-36-34-32-30-28-26-24-22-20-18-16-14-12-10-8-6-4-2/h6,8,12,14,18-21,24,26,30,32,40-41,43-47,49-50H,3-5,7,9-11,13,15-17,22-23,25,27-29,31,33-39H2,1-2H3,(H,51,52,53)/b8-6-,14-12-,20-18-,21-19-,26-24-,32-30-. The molecule has 1 aliphatic heterocycles. The van der Waals surface area contributed by atoms with Crippen LogP contribution < -0.4 is 0 Å². The van der Waals surface area contributed by atoms with E-state index in [2.05, 4.69) is 78.8 Å². The molecule has 6 atom stereocenters. The van der Waals surface area contributed by atoms with Gasteiger partial charge in [0.25, 0.3) is 0 Å². The highest BCUT2D eigenvalue weighted by Crippen LogP contribution is 2.26. The van der Waals surface area contributed by atoms with E-state index in [1.165, 1.54) is 44.9 Å². The van der Waals surface area contributed by atoms with Crippen LogP contribution in [0.25, 0.3) is 0 Å². The van der Waals surface area contributed by atoms with Crippen molar-refractivity contribution in [2.45, 2.75) is 185 Å². The van der Waals surface area contributed by atoms with Crippen LogP contribution in [0.3, 0.4) is 0 Å². The minimum absolute atomic E-state index is 0.0251. The van der Waals surface area contributed by atoms with Crippen molar-refractivity contribution in [3.63, 3.8) is 0 Å². The summed E-state index contributed by atoms with van der Waals surface area (Å²) in [6, 6.07) is 0. The molecule has 4 N–H and O–H groups in total. The van der Waals surface area contributed by atoms with Gasteiger partial charge in [-0.1, -0.05) is 145 Å². The van der Waals surface area contributed by atoms with E-state index in [4.69, 9.17) is 23.5 Å². The second-order valence-electron chi connectivity index (χ2n) is 14.9. The normalized spacial score (nSPS) is 21.1. The number of carbonyl (C=O) groups excluding carboxylic acids is 1. The molecule has 0 saturated carbocycles. The first-order valence-corrected chi connectivity index (χ1v) is 23.6. The average Bonchev–Trinajstić information content (AvgIpc) is 3.20. The van der Waals surface area contributed by atoms with Gasteiger partial charge in [-0.25, -0.2) is 4.18 Å². The largest absolute Gasteiger partial charge is 0.457 e. The van der Waals surface area contributed by atoms with Crippen LogP contribution in [-0.2, 0) is 38.3 Å². The van der Waals surface area contributed by atoms with Crippen LogP contribution in [0.1, 0.15) is 149 Å². The summed E-state index contributed by atoms with van der Waals surface area (Å²) < 4.78 is 58.9. The summed E-state index contributed by atoms with van der Waals surface area (Å²) in [5.41, 5.74) is 0.